The predicted molar refractivity (Wildman–Crippen MR) is 54.8 cm³/mol. The Hall–Kier alpha value is -0.120. The summed E-state index contributed by atoms with van der Waals surface area (Å²) >= 11 is 0. The molecule has 0 aromatic rings. The highest BCUT2D eigenvalue weighted by molar-refractivity contribution is 4.60. The van der Waals surface area contributed by atoms with E-state index in [2.05, 4.69) is 25.7 Å². The Labute approximate surface area is 82.0 Å². The summed E-state index contributed by atoms with van der Waals surface area (Å²) in [6, 6.07) is 0. The van der Waals surface area contributed by atoms with Gasteiger partial charge in [0.25, 0.3) is 0 Å². The fourth-order valence-corrected chi connectivity index (χ4v) is 1.31. The molecule has 0 fully saturated rings. The minimum Gasteiger partial charge on any atom is -0.355 e. The van der Waals surface area contributed by atoms with Gasteiger partial charge < -0.3 is 9.47 Å². The van der Waals surface area contributed by atoms with Gasteiger partial charge in [0.05, 0.1) is 0 Å². The van der Waals surface area contributed by atoms with Gasteiger partial charge in [0.2, 0.25) is 0 Å². The summed E-state index contributed by atoms with van der Waals surface area (Å²) in [5.74, 6) is 0.689. The van der Waals surface area contributed by atoms with Gasteiger partial charge in [0, 0.05) is 27.3 Å². The van der Waals surface area contributed by atoms with Crippen LogP contribution in [-0.4, -0.2) is 45.0 Å². The molecular weight excluding hydrogens is 166 g/mol. The van der Waals surface area contributed by atoms with E-state index in [1.807, 2.05) is 0 Å². The Bertz CT molecular complexity index is 113. The quantitative estimate of drug-likeness (QED) is 0.568. The molecule has 0 N–H and O–H groups in total. The first-order valence-corrected chi connectivity index (χ1v) is 4.91. The Balaban J connectivity index is 3.80. The third-order valence-electron chi connectivity index (χ3n) is 2.00. The number of ether oxygens (including phenoxy) is 2. The molecule has 0 atom stereocenters. The van der Waals surface area contributed by atoms with Crippen LogP contribution in [0.3, 0.4) is 0 Å². The average molecular weight is 189 g/mol. The van der Waals surface area contributed by atoms with Crippen molar-refractivity contribution in [3.8, 4) is 0 Å². The number of likely N-dealkylation sites (N-methyl/N-ethyl adjacent to an activating group) is 1. The lowest BCUT2D eigenvalue weighted by atomic mass is 10.2. The van der Waals surface area contributed by atoms with Crippen molar-refractivity contribution in [2.45, 2.75) is 27.1 Å². The number of nitrogens with zero attached hydrogens (tertiary/aromatic N) is 1. The van der Waals surface area contributed by atoms with Crippen molar-refractivity contribution in [3.05, 3.63) is 0 Å². The van der Waals surface area contributed by atoms with Gasteiger partial charge in [-0.3, -0.25) is 4.90 Å². The highest BCUT2D eigenvalue weighted by Crippen LogP contribution is 2.01. The van der Waals surface area contributed by atoms with E-state index in [9.17, 15) is 0 Å². The summed E-state index contributed by atoms with van der Waals surface area (Å²) in [5, 5.41) is 0. The van der Waals surface area contributed by atoms with E-state index in [1.165, 1.54) is 0 Å². The molecule has 0 aliphatic heterocycles. The van der Waals surface area contributed by atoms with Crippen molar-refractivity contribution >= 4 is 0 Å². The SMILES string of the molecule is CCN(CC(C)C)CC(OC)OC. The summed E-state index contributed by atoms with van der Waals surface area (Å²) in [5.41, 5.74) is 0. The minimum atomic E-state index is -0.0984. The van der Waals surface area contributed by atoms with Crippen molar-refractivity contribution in [1.29, 1.82) is 0 Å². The first-order chi connectivity index (χ1) is 6.13. The van der Waals surface area contributed by atoms with Crippen molar-refractivity contribution in [2.75, 3.05) is 33.9 Å². The third-order valence-corrected chi connectivity index (χ3v) is 2.00. The van der Waals surface area contributed by atoms with Gasteiger partial charge in [-0.05, 0) is 12.5 Å². The number of hydrogen-bond donors (Lipinski definition) is 0. The van der Waals surface area contributed by atoms with Gasteiger partial charge in [-0.1, -0.05) is 20.8 Å². The van der Waals surface area contributed by atoms with Crippen LogP contribution in [0.4, 0.5) is 0 Å². The molecule has 0 saturated heterocycles. The fraction of sp³-hybridized carbons (Fsp3) is 1.00. The lowest BCUT2D eigenvalue weighted by Gasteiger charge is -2.26. The normalized spacial score (nSPS) is 12.0. The summed E-state index contributed by atoms with van der Waals surface area (Å²) in [7, 11) is 3.36. The topological polar surface area (TPSA) is 21.7 Å². The molecule has 80 valence electrons. The van der Waals surface area contributed by atoms with Crippen LogP contribution in [0.1, 0.15) is 20.8 Å². The Morgan fingerprint density at radius 3 is 1.92 bits per heavy atom. The lowest BCUT2D eigenvalue weighted by molar-refractivity contribution is -0.116. The molecule has 0 spiro atoms. The maximum atomic E-state index is 5.15. The van der Waals surface area contributed by atoms with Crippen LogP contribution in [0, 0.1) is 5.92 Å². The number of hydrogen-bond acceptors (Lipinski definition) is 3. The van der Waals surface area contributed by atoms with E-state index in [-0.39, 0.29) is 6.29 Å². The molecule has 0 aromatic carbocycles. The van der Waals surface area contributed by atoms with E-state index < -0.39 is 0 Å². The molecule has 3 nitrogen and oxygen atoms in total. The first kappa shape index (κ1) is 12.9. The molecule has 0 rings (SSSR count). The van der Waals surface area contributed by atoms with Gasteiger partial charge in [-0.2, -0.15) is 0 Å². The summed E-state index contributed by atoms with van der Waals surface area (Å²) in [6.45, 7) is 9.59. The molecule has 13 heavy (non-hydrogen) atoms. The van der Waals surface area contributed by atoms with E-state index in [4.69, 9.17) is 9.47 Å². The van der Waals surface area contributed by atoms with Crippen LogP contribution in [0.2, 0.25) is 0 Å². The molecule has 0 aliphatic carbocycles. The highest BCUT2D eigenvalue weighted by Gasteiger charge is 2.11. The van der Waals surface area contributed by atoms with Crippen molar-refractivity contribution in [1.82, 2.24) is 4.90 Å². The monoisotopic (exact) mass is 189 g/mol. The number of methoxy groups -OCH3 is 2. The standard InChI is InChI=1S/C10H23NO2/c1-6-11(7-9(2)3)8-10(12-4)13-5/h9-10H,6-8H2,1-5H3. The average Bonchev–Trinajstić information content (AvgIpc) is 2.11. The van der Waals surface area contributed by atoms with Crippen molar-refractivity contribution in [3.63, 3.8) is 0 Å². The van der Waals surface area contributed by atoms with Crippen LogP contribution in [0.5, 0.6) is 0 Å². The second-order valence-corrected chi connectivity index (χ2v) is 3.65. The Morgan fingerprint density at radius 1 is 1.08 bits per heavy atom. The van der Waals surface area contributed by atoms with Crippen molar-refractivity contribution in [2.24, 2.45) is 5.92 Å². The van der Waals surface area contributed by atoms with Crippen molar-refractivity contribution < 1.29 is 9.47 Å². The van der Waals surface area contributed by atoms with Crippen LogP contribution in [0.15, 0.2) is 0 Å². The van der Waals surface area contributed by atoms with E-state index >= 15 is 0 Å². The molecule has 3 heteroatoms. The second kappa shape index (κ2) is 7.30. The van der Waals surface area contributed by atoms with E-state index in [0.717, 1.165) is 19.6 Å². The summed E-state index contributed by atoms with van der Waals surface area (Å²) in [6.07, 6.45) is -0.0984. The van der Waals surface area contributed by atoms with Gasteiger partial charge >= 0.3 is 0 Å². The molecule has 0 amide bonds. The Kier molecular flexibility index (Phi) is 7.23. The summed E-state index contributed by atoms with van der Waals surface area (Å²) < 4.78 is 10.3. The third kappa shape index (κ3) is 6.02. The fourth-order valence-electron chi connectivity index (χ4n) is 1.31. The molecule has 0 unspecified atom stereocenters. The van der Waals surface area contributed by atoms with Gasteiger partial charge in [-0.15, -0.1) is 0 Å². The maximum absolute atomic E-state index is 5.15. The van der Waals surface area contributed by atoms with Gasteiger partial charge in [0.1, 0.15) is 0 Å². The Morgan fingerprint density at radius 2 is 1.62 bits per heavy atom. The van der Waals surface area contributed by atoms with Crippen LogP contribution >= 0.6 is 0 Å². The minimum absolute atomic E-state index is 0.0984. The first-order valence-electron chi connectivity index (χ1n) is 4.91. The molecular formula is C10H23NO2. The zero-order chi connectivity index (χ0) is 10.3. The van der Waals surface area contributed by atoms with Gasteiger partial charge in [0.15, 0.2) is 6.29 Å². The van der Waals surface area contributed by atoms with E-state index in [1.54, 1.807) is 14.2 Å². The largest absolute Gasteiger partial charge is 0.355 e. The van der Waals surface area contributed by atoms with Crippen LogP contribution < -0.4 is 0 Å². The zero-order valence-electron chi connectivity index (χ0n) is 9.54. The zero-order valence-corrected chi connectivity index (χ0v) is 9.54. The summed E-state index contributed by atoms with van der Waals surface area (Å²) in [4.78, 5) is 2.34. The molecule has 0 aliphatic rings. The van der Waals surface area contributed by atoms with Gasteiger partial charge in [-0.25, -0.2) is 0 Å². The molecule has 0 aromatic heterocycles. The molecule has 0 bridgehead atoms. The molecule has 0 radical (unpaired) electrons. The maximum Gasteiger partial charge on any atom is 0.169 e. The second-order valence-electron chi connectivity index (χ2n) is 3.65. The number of rotatable bonds is 7. The van der Waals surface area contributed by atoms with Crippen LogP contribution in [-0.2, 0) is 9.47 Å². The molecule has 0 saturated carbocycles. The lowest BCUT2D eigenvalue weighted by Crippen LogP contribution is -2.36. The smallest absolute Gasteiger partial charge is 0.169 e. The van der Waals surface area contributed by atoms with Crippen LogP contribution in [0.25, 0.3) is 0 Å². The molecule has 0 heterocycles. The van der Waals surface area contributed by atoms with E-state index in [0.29, 0.717) is 5.92 Å². The predicted octanol–water partition coefficient (Wildman–Crippen LogP) is 1.58. The highest BCUT2D eigenvalue weighted by atomic mass is 16.7.